The van der Waals surface area contributed by atoms with Gasteiger partial charge in [0, 0.05) is 6.26 Å². The molecular weight excluding hydrogens is 286 g/mol. The summed E-state index contributed by atoms with van der Waals surface area (Å²) in [5, 5.41) is 2.15. The van der Waals surface area contributed by atoms with Crippen LogP contribution in [-0.2, 0) is 24.2 Å². The van der Waals surface area contributed by atoms with Gasteiger partial charge in [-0.15, -0.1) is 0 Å². The maximum Gasteiger partial charge on any atom is 0.249 e. The van der Waals surface area contributed by atoms with Gasteiger partial charge in [0.15, 0.2) is 0 Å². The van der Waals surface area contributed by atoms with Crippen LogP contribution in [0, 0.1) is 0 Å². The Labute approximate surface area is 117 Å². The molecule has 114 valence electrons. The lowest BCUT2D eigenvalue weighted by atomic mass is 10.1. The van der Waals surface area contributed by atoms with E-state index in [9.17, 15) is 22.8 Å². The van der Waals surface area contributed by atoms with Gasteiger partial charge in [0.2, 0.25) is 17.7 Å². The van der Waals surface area contributed by atoms with E-state index < -0.39 is 39.6 Å². The summed E-state index contributed by atoms with van der Waals surface area (Å²) in [4.78, 5) is 36.2. The lowest BCUT2D eigenvalue weighted by molar-refractivity contribution is -0.150. The molecule has 2 atom stereocenters. The number of hydrogen-bond donors (Lipinski definition) is 2. The summed E-state index contributed by atoms with van der Waals surface area (Å²) >= 11 is 0. The Morgan fingerprint density at radius 2 is 2.10 bits per heavy atom. The van der Waals surface area contributed by atoms with Gasteiger partial charge in [-0.2, -0.15) is 0 Å². The predicted octanol–water partition coefficient (Wildman–Crippen LogP) is -1.99. The third kappa shape index (κ3) is 4.27. The molecule has 1 aliphatic rings. The normalized spacial score (nSPS) is 21.6. The topological polar surface area (TPSA) is 127 Å². The first kappa shape index (κ1) is 16.6. The summed E-state index contributed by atoms with van der Waals surface area (Å²) in [7, 11) is -3.22. The van der Waals surface area contributed by atoms with E-state index >= 15 is 0 Å². The summed E-state index contributed by atoms with van der Waals surface area (Å²) in [6.07, 6.45) is 1.36. The van der Waals surface area contributed by atoms with E-state index in [1.54, 1.807) is 6.92 Å². The van der Waals surface area contributed by atoms with Gasteiger partial charge in [-0.25, -0.2) is 8.42 Å². The Kier molecular flexibility index (Phi) is 5.23. The van der Waals surface area contributed by atoms with Gasteiger partial charge in [0.25, 0.3) is 0 Å². The van der Waals surface area contributed by atoms with Crippen LogP contribution in [0.5, 0.6) is 0 Å². The third-order valence-electron chi connectivity index (χ3n) is 3.04. The molecule has 1 rings (SSSR count). The van der Waals surface area contributed by atoms with Crippen molar-refractivity contribution < 1.29 is 22.8 Å². The molecule has 1 fully saturated rings. The van der Waals surface area contributed by atoms with Crippen molar-refractivity contribution in [2.24, 2.45) is 5.73 Å². The fraction of sp³-hybridized carbons (Fsp3) is 0.727. The average molecular weight is 305 g/mol. The monoisotopic (exact) mass is 305 g/mol. The second kappa shape index (κ2) is 6.31. The summed E-state index contributed by atoms with van der Waals surface area (Å²) < 4.78 is 22.1. The molecule has 8 nitrogen and oxygen atoms in total. The summed E-state index contributed by atoms with van der Waals surface area (Å²) in [5.41, 5.74) is 5.66. The number of hydrogen-bond acceptors (Lipinski definition) is 6. The number of carbonyl (C=O) groups is 3. The first-order valence-corrected chi connectivity index (χ1v) is 8.29. The summed E-state index contributed by atoms with van der Waals surface area (Å²) in [6.45, 7) is 1.47. The van der Waals surface area contributed by atoms with Crippen LogP contribution in [-0.4, -0.2) is 61.7 Å². The number of nitrogens with two attached hydrogens (primary N) is 1. The van der Waals surface area contributed by atoms with Crippen LogP contribution in [0.2, 0.25) is 0 Å². The minimum absolute atomic E-state index is 0.0413. The van der Waals surface area contributed by atoms with E-state index in [4.69, 9.17) is 5.73 Å². The van der Waals surface area contributed by atoms with E-state index in [1.165, 1.54) is 0 Å². The molecule has 3 N–H and O–H groups in total. The molecule has 20 heavy (non-hydrogen) atoms. The van der Waals surface area contributed by atoms with E-state index in [0.717, 1.165) is 11.2 Å². The third-order valence-corrected chi connectivity index (χ3v) is 4.02. The lowest BCUT2D eigenvalue weighted by Gasteiger charge is -2.34. The molecule has 0 spiro atoms. The zero-order valence-electron chi connectivity index (χ0n) is 11.5. The van der Waals surface area contributed by atoms with Crippen LogP contribution in [0.15, 0.2) is 0 Å². The molecule has 2 unspecified atom stereocenters. The highest BCUT2D eigenvalue weighted by atomic mass is 32.2. The fourth-order valence-corrected chi connectivity index (χ4v) is 2.66. The Bertz CT molecular complexity index is 516. The molecule has 0 aliphatic carbocycles. The Hall–Kier alpha value is -1.48. The highest BCUT2D eigenvalue weighted by Crippen LogP contribution is 2.11. The first-order chi connectivity index (χ1) is 9.15. The van der Waals surface area contributed by atoms with Crippen molar-refractivity contribution in [3.8, 4) is 0 Å². The zero-order chi connectivity index (χ0) is 15.5. The number of nitrogens with zero attached hydrogens (tertiary/aromatic N) is 1. The van der Waals surface area contributed by atoms with E-state index in [-0.39, 0.29) is 18.7 Å². The molecule has 0 aromatic heterocycles. The molecule has 0 bridgehead atoms. The molecule has 1 aliphatic heterocycles. The highest BCUT2D eigenvalue weighted by Gasteiger charge is 2.37. The lowest BCUT2D eigenvalue weighted by Crippen LogP contribution is -2.62. The van der Waals surface area contributed by atoms with Crippen LogP contribution < -0.4 is 11.1 Å². The van der Waals surface area contributed by atoms with Crippen LogP contribution in [0.25, 0.3) is 0 Å². The zero-order valence-corrected chi connectivity index (χ0v) is 12.3. The SMILES string of the molecule is CCC1C(=O)NC(=O)CN1C(=O)C(N)CCS(C)(=O)=O. The molecule has 9 heteroatoms. The van der Waals surface area contributed by atoms with Crippen molar-refractivity contribution in [3.05, 3.63) is 0 Å². The number of nitrogens with one attached hydrogen (secondary N) is 1. The number of carbonyl (C=O) groups excluding carboxylic acids is 3. The molecule has 0 radical (unpaired) electrons. The fourth-order valence-electron chi connectivity index (χ4n) is 1.98. The minimum atomic E-state index is -3.22. The minimum Gasteiger partial charge on any atom is -0.320 e. The van der Waals surface area contributed by atoms with Crippen molar-refractivity contribution in [2.75, 3.05) is 18.6 Å². The number of amides is 3. The second-order valence-electron chi connectivity index (χ2n) is 4.83. The standard InChI is InChI=1S/C11H19N3O5S/c1-3-8-10(16)13-9(15)6-14(8)11(17)7(12)4-5-20(2,18)19/h7-8H,3-6,12H2,1-2H3,(H,13,15,16). The van der Waals surface area contributed by atoms with Crippen molar-refractivity contribution in [3.63, 3.8) is 0 Å². The van der Waals surface area contributed by atoms with E-state index in [2.05, 4.69) is 5.32 Å². The number of rotatable bonds is 5. The van der Waals surface area contributed by atoms with Crippen molar-refractivity contribution in [1.82, 2.24) is 10.2 Å². The van der Waals surface area contributed by atoms with Crippen LogP contribution in [0.3, 0.4) is 0 Å². The van der Waals surface area contributed by atoms with Gasteiger partial charge in [-0.3, -0.25) is 19.7 Å². The number of piperazine rings is 1. The van der Waals surface area contributed by atoms with Crippen LogP contribution in [0.1, 0.15) is 19.8 Å². The van der Waals surface area contributed by atoms with E-state index in [0.29, 0.717) is 6.42 Å². The Balaban J connectivity index is 2.77. The molecule has 0 aromatic rings. The van der Waals surface area contributed by atoms with Crippen molar-refractivity contribution >= 4 is 27.6 Å². The van der Waals surface area contributed by atoms with Gasteiger partial charge < -0.3 is 10.6 Å². The molecule has 1 heterocycles. The molecular formula is C11H19N3O5S. The van der Waals surface area contributed by atoms with Crippen molar-refractivity contribution in [1.29, 1.82) is 0 Å². The van der Waals surface area contributed by atoms with E-state index in [1.807, 2.05) is 0 Å². The highest BCUT2D eigenvalue weighted by molar-refractivity contribution is 7.90. The smallest absolute Gasteiger partial charge is 0.249 e. The predicted molar refractivity (Wildman–Crippen MR) is 71.2 cm³/mol. The van der Waals surface area contributed by atoms with Gasteiger partial charge >= 0.3 is 0 Å². The van der Waals surface area contributed by atoms with Crippen LogP contribution >= 0.6 is 0 Å². The summed E-state index contributed by atoms with van der Waals surface area (Å²) in [5.74, 6) is -1.90. The maximum atomic E-state index is 12.1. The first-order valence-electron chi connectivity index (χ1n) is 6.23. The number of imide groups is 1. The Morgan fingerprint density at radius 3 is 2.60 bits per heavy atom. The summed E-state index contributed by atoms with van der Waals surface area (Å²) in [6, 6.07) is -1.79. The number of sulfone groups is 1. The van der Waals surface area contributed by atoms with Crippen LogP contribution in [0.4, 0.5) is 0 Å². The van der Waals surface area contributed by atoms with Gasteiger partial charge in [-0.1, -0.05) is 6.92 Å². The average Bonchev–Trinajstić information content (AvgIpc) is 2.33. The van der Waals surface area contributed by atoms with Gasteiger partial charge in [0.05, 0.1) is 11.8 Å². The quantitative estimate of drug-likeness (QED) is 0.566. The van der Waals surface area contributed by atoms with Gasteiger partial charge in [0.1, 0.15) is 22.4 Å². The Morgan fingerprint density at radius 1 is 1.50 bits per heavy atom. The van der Waals surface area contributed by atoms with Crippen molar-refractivity contribution in [2.45, 2.75) is 31.8 Å². The molecule has 0 saturated carbocycles. The molecule has 1 saturated heterocycles. The second-order valence-corrected chi connectivity index (χ2v) is 7.09. The molecule has 0 aromatic carbocycles. The van der Waals surface area contributed by atoms with Gasteiger partial charge in [-0.05, 0) is 12.8 Å². The largest absolute Gasteiger partial charge is 0.320 e. The molecule has 3 amide bonds. The maximum absolute atomic E-state index is 12.1.